The van der Waals surface area contributed by atoms with Crippen LogP contribution in [0.1, 0.15) is 24.8 Å². The summed E-state index contributed by atoms with van der Waals surface area (Å²) in [7, 11) is -3.65. The van der Waals surface area contributed by atoms with Crippen LogP contribution in [0.2, 0.25) is 5.02 Å². The first-order chi connectivity index (χ1) is 9.47. The molecule has 5 nitrogen and oxygen atoms in total. The van der Waals surface area contributed by atoms with E-state index < -0.39 is 10.0 Å². The number of benzene rings is 1. The monoisotopic (exact) mass is 313 g/mol. The normalized spacial score (nSPS) is 22.6. The summed E-state index contributed by atoms with van der Waals surface area (Å²) in [5.41, 5.74) is 5.80. The largest absolute Gasteiger partial charge is 0.330 e. The number of hydrogen-bond donors (Lipinski definition) is 2. The van der Waals surface area contributed by atoms with Crippen molar-refractivity contribution in [2.75, 3.05) is 6.54 Å². The van der Waals surface area contributed by atoms with Gasteiger partial charge in [0.1, 0.15) is 6.07 Å². The van der Waals surface area contributed by atoms with Gasteiger partial charge in [-0.05, 0) is 43.5 Å². The Hall–Kier alpha value is -1.13. The Balaban J connectivity index is 2.25. The highest BCUT2D eigenvalue weighted by atomic mass is 35.5. The molecule has 1 aromatic rings. The van der Waals surface area contributed by atoms with Crippen molar-refractivity contribution >= 4 is 21.6 Å². The summed E-state index contributed by atoms with van der Waals surface area (Å²) >= 11 is 5.81. The molecule has 1 aliphatic carbocycles. The number of hydrogen-bond acceptors (Lipinski definition) is 4. The third kappa shape index (κ3) is 3.13. The molecule has 20 heavy (non-hydrogen) atoms. The Morgan fingerprint density at radius 2 is 2.20 bits per heavy atom. The summed E-state index contributed by atoms with van der Waals surface area (Å²) in [6.45, 7) is 0.469. The molecule has 2 atom stereocenters. The highest BCUT2D eigenvalue weighted by molar-refractivity contribution is 7.89. The van der Waals surface area contributed by atoms with Gasteiger partial charge in [-0.25, -0.2) is 13.1 Å². The second-order valence-electron chi connectivity index (χ2n) is 4.91. The number of halogens is 1. The molecular weight excluding hydrogens is 298 g/mol. The van der Waals surface area contributed by atoms with E-state index in [1.54, 1.807) is 0 Å². The second kappa shape index (κ2) is 6.10. The minimum atomic E-state index is -3.65. The molecule has 0 radical (unpaired) electrons. The van der Waals surface area contributed by atoms with Crippen LogP contribution in [0.25, 0.3) is 0 Å². The van der Waals surface area contributed by atoms with Gasteiger partial charge in [-0.2, -0.15) is 5.26 Å². The van der Waals surface area contributed by atoms with Crippen molar-refractivity contribution < 1.29 is 8.42 Å². The van der Waals surface area contributed by atoms with Gasteiger partial charge < -0.3 is 5.73 Å². The van der Waals surface area contributed by atoms with Crippen LogP contribution in [-0.2, 0) is 10.0 Å². The maximum Gasteiger partial charge on any atom is 0.240 e. The predicted octanol–water partition coefficient (Wildman–Crippen LogP) is 1.62. The van der Waals surface area contributed by atoms with Crippen LogP contribution in [0.3, 0.4) is 0 Å². The molecule has 1 saturated carbocycles. The highest BCUT2D eigenvalue weighted by Gasteiger charge is 2.30. The maximum absolute atomic E-state index is 12.3. The molecule has 1 fully saturated rings. The Morgan fingerprint density at radius 1 is 1.45 bits per heavy atom. The van der Waals surface area contributed by atoms with Gasteiger partial charge in [-0.15, -0.1) is 0 Å². The molecule has 0 bridgehead atoms. The number of rotatable bonds is 4. The zero-order valence-electron chi connectivity index (χ0n) is 10.8. The lowest BCUT2D eigenvalue weighted by molar-refractivity contribution is 0.453. The van der Waals surface area contributed by atoms with Crippen LogP contribution >= 0.6 is 11.6 Å². The lowest BCUT2D eigenvalue weighted by Crippen LogP contribution is -2.39. The average molecular weight is 314 g/mol. The minimum absolute atomic E-state index is 0.0566. The van der Waals surface area contributed by atoms with Crippen LogP contribution < -0.4 is 10.5 Å². The molecule has 0 aromatic heterocycles. The van der Waals surface area contributed by atoms with Crippen LogP contribution in [0.5, 0.6) is 0 Å². The van der Waals surface area contributed by atoms with E-state index in [2.05, 4.69) is 4.72 Å². The Kier molecular flexibility index (Phi) is 4.66. The quantitative estimate of drug-likeness (QED) is 0.882. The van der Waals surface area contributed by atoms with E-state index in [4.69, 9.17) is 22.6 Å². The number of nitrogens with zero attached hydrogens (tertiary/aromatic N) is 1. The van der Waals surface area contributed by atoms with Gasteiger partial charge in [0.2, 0.25) is 10.0 Å². The Morgan fingerprint density at radius 3 is 2.85 bits per heavy atom. The first kappa shape index (κ1) is 15.3. The summed E-state index contributed by atoms with van der Waals surface area (Å²) in [4.78, 5) is 0.0566. The molecule has 108 valence electrons. The third-order valence-electron chi connectivity index (χ3n) is 3.64. The minimum Gasteiger partial charge on any atom is -0.330 e. The molecule has 0 aliphatic heterocycles. The molecule has 1 aromatic carbocycles. The first-order valence-electron chi connectivity index (χ1n) is 6.40. The number of sulfonamides is 1. The smallest absolute Gasteiger partial charge is 0.240 e. The van der Waals surface area contributed by atoms with Crippen molar-refractivity contribution in [3.63, 3.8) is 0 Å². The van der Waals surface area contributed by atoms with Gasteiger partial charge in [-0.1, -0.05) is 18.0 Å². The molecule has 2 unspecified atom stereocenters. The van der Waals surface area contributed by atoms with Gasteiger partial charge in [0, 0.05) is 6.04 Å². The molecule has 7 heteroatoms. The lowest BCUT2D eigenvalue weighted by atomic mass is 10.1. The molecule has 2 rings (SSSR count). The summed E-state index contributed by atoms with van der Waals surface area (Å²) < 4.78 is 27.3. The van der Waals surface area contributed by atoms with Crippen LogP contribution in [0.15, 0.2) is 23.1 Å². The standard InChI is InChI=1S/C13H16ClN3O2S/c14-12-5-4-11(6-10(12)8-16)20(18,19)17-13-3-1-2-9(13)7-15/h4-6,9,13,17H,1-3,7,15H2. The summed E-state index contributed by atoms with van der Waals surface area (Å²) in [6.07, 6.45) is 2.70. The van der Waals surface area contributed by atoms with E-state index in [-0.39, 0.29) is 27.4 Å². The van der Waals surface area contributed by atoms with Crippen molar-refractivity contribution in [2.45, 2.75) is 30.2 Å². The maximum atomic E-state index is 12.3. The zero-order valence-corrected chi connectivity index (χ0v) is 12.4. The summed E-state index contributed by atoms with van der Waals surface area (Å²) in [6, 6.07) is 5.85. The van der Waals surface area contributed by atoms with Gasteiger partial charge in [0.15, 0.2) is 0 Å². The number of nitriles is 1. The highest BCUT2D eigenvalue weighted by Crippen LogP contribution is 2.27. The molecule has 3 N–H and O–H groups in total. The first-order valence-corrected chi connectivity index (χ1v) is 8.26. The van der Waals surface area contributed by atoms with Crippen molar-refractivity contribution in [1.82, 2.24) is 4.72 Å². The zero-order chi connectivity index (χ0) is 14.8. The molecule has 0 amide bonds. The van der Waals surface area contributed by atoms with Gasteiger partial charge >= 0.3 is 0 Å². The van der Waals surface area contributed by atoms with Crippen LogP contribution in [0.4, 0.5) is 0 Å². The predicted molar refractivity (Wildman–Crippen MR) is 76.7 cm³/mol. The summed E-state index contributed by atoms with van der Waals surface area (Å²) in [5, 5.41) is 9.15. The van der Waals surface area contributed by atoms with E-state index in [9.17, 15) is 8.42 Å². The van der Waals surface area contributed by atoms with E-state index in [0.29, 0.717) is 6.54 Å². The third-order valence-corrected chi connectivity index (χ3v) is 5.45. The Bertz CT molecular complexity index is 640. The van der Waals surface area contributed by atoms with Crippen LogP contribution in [-0.4, -0.2) is 21.0 Å². The lowest BCUT2D eigenvalue weighted by Gasteiger charge is -2.19. The van der Waals surface area contributed by atoms with Gasteiger partial charge in [0.25, 0.3) is 0 Å². The van der Waals surface area contributed by atoms with E-state index in [0.717, 1.165) is 19.3 Å². The average Bonchev–Trinajstić information content (AvgIpc) is 2.85. The molecule has 0 spiro atoms. The van der Waals surface area contributed by atoms with E-state index in [1.807, 2.05) is 6.07 Å². The topological polar surface area (TPSA) is 96.0 Å². The molecule has 0 heterocycles. The van der Waals surface area contributed by atoms with Crippen LogP contribution in [0, 0.1) is 17.2 Å². The fraction of sp³-hybridized carbons (Fsp3) is 0.462. The van der Waals surface area contributed by atoms with Crippen molar-refractivity contribution in [2.24, 2.45) is 11.7 Å². The van der Waals surface area contributed by atoms with Crippen molar-refractivity contribution in [3.05, 3.63) is 28.8 Å². The molecule has 1 aliphatic rings. The molecular formula is C13H16ClN3O2S. The fourth-order valence-corrected chi connectivity index (χ4v) is 4.02. The van der Waals surface area contributed by atoms with Gasteiger partial charge in [0.05, 0.1) is 15.5 Å². The SMILES string of the molecule is N#Cc1cc(S(=O)(=O)NC2CCCC2CN)ccc1Cl. The second-order valence-corrected chi connectivity index (χ2v) is 7.03. The number of nitrogens with two attached hydrogens (primary N) is 1. The van der Waals surface area contributed by atoms with Crippen molar-refractivity contribution in [1.29, 1.82) is 5.26 Å². The van der Waals surface area contributed by atoms with Crippen molar-refractivity contribution in [3.8, 4) is 6.07 Å². The van der Waals surface area contributed by atoms with E-state index in [1.165, 1.54) is 18.2 Å². The van der Waals surface area contributed by atoms with Gasteiger partial charge in [-0.3, -0.25) is 0 Å². The Labute approximate surface area is 123 Å². The molecule has 0 saturated heterocycles. The fourth-order valence-electron chi connectivity index (χ4n) is 2.50. The van der Waals surface area contributed by atoms with E-state index >= 15 is 0 Å². The number of nitrogens with one attached hydrogen (secondary N) is 1. The summed E-state index contributed by atoms with van der Waals surface area (Å²) in [5.74, 6) is 0.174.